The van der Waals surface area contributed by atoms with E-state index in [1.165, 1.54) is 0 Å². The fourth-order valence-electron chi connectivity index (χ4n) is 1.27. The molecule has 84 valence electrons. The molecule has 0 bridgehead atoms. The first-order valence-corrected chi connectivity index (χ1v) is 5.42. The van der Waals surface area contributed by atoms with Crippen molar-refractivity contribution in [1.29, 1.82) is 5.26 Å². The molecule has 0 N–H and O–H groups in total. The normalized spacial score (nSPS) is 14.6. The summed E-state index contributed by atoms with van der Waals surface area (Å²) in [6, 6.07) is 3.75. The number of rotatable bonds is 4. The van der Waals surface area contributed by atoms with E-state index in [-0.39, 0.29) is 6.10 Å². The molecule has 0 spiro atoms. The van der Waals surface area contributed by atoms with Gasteiger partial charge in [0.15, 0.2) is 0 Å². The van der Waals surface area contributed by atoms with Crippen molar-refractivity contribution in [3.05, 3.63) is 17.8 Å². The van der Waals surface area contributed by atoms with E-state index in [0.717, 1.165) is 12.8 Å². The molecule has 16 heavy (non-hydrogen) atoms. The third-order valence-corrected chi connectivity index (χ3v) is 2.12. The van der Waals surface area contributed by atoms with Gasteiger partial charge in [0.1, 0.15) is 17.4 Å². The van der Waals surface area contributed by atoms with Crippen LogP contribution in [0.5, 0.6) is 11.6 Å². The van der Waals surface area contributed by atoms with E-state index in [4.69, 9.17) is 14.7 Å². The minimum atomic E-state index is 0.00907. The van der Waals surface area contributed by atoms with Crippen LogP contribution in [0.2, 0.25) is 0 Å². The fourth-order valence-corrected chi connectivity index (χ4v) is 1.27. The van der Waals surface area contributed by atoms with Crippen LogP contribution in [0.25, 0.3) is 0 Å². The van der Waals surface area contributed by atoms with Crippen LogP contribution in [0.15, 0.2) is 12.3 Å². The maximum Gasteiger partial charge on any atom is 0.232 e. The Bertz CT molecular complexity index is 420. The van der Waals surface area contributed by atoms with Crippen molar-refractivity contribution in [3.63, 3.8) is 0 Å². The van der Waals surface area contributed by atoms with Gasteiger partial charge in [-0.05, 0) is 26.7 Å². The SMILES string of the molecule is CC(C)Oc1ncc(OC2CC2)cc1C#N. The lowest BCUT2D eigenvalue weighted by Crippen LogP contribution is -2.08. The van der Waals surface area contributed by atoms with Crippen LogP contribution in [0.3, 0.4) is 0 Å². The highest BCUT2D eigenvalue weighted by molar-refractivity contribution is 5.42. The molecule has 1 fully saturated rings. The van der Waals surface area contributed by atoms with Gasteiger partial charge in [-0.2, -0.15) is 5.26 Å². The molecular formula is C12H14N2O2. The molecule has 0 radical (unpaired) electrons. The Kier molecular flexibility index (Phi) is 2.95. The zero-order valence-corrected chi connectivity index (χ0v) is 9.43. The molecular weight excluding hydrogens is 204 g/mol. The van der Waals surface area contributed by atoms with Crippen molar-refractivity contribution in [1.82, 2.24) is 4.98 Å². The first-order chi connectivity index (χ1) is 7.69. The van der Waals surface area contributed by atoms with Gasteiger partial charge in [-0.25, -0.2) is 4.98 Å². The first-order valence-electron chi connectivity index (χ1n) is 5.42. The standard InChI is InChI=1S/C12H14N2O2/c1-8(2)15-12-9(6-13)5-11(7-14-12)16-10-3-4-10/h5,7-8,10H,3-4H2,1-2H3. The van der Waals surface area contributed by atoms with Crippen LogP contribution in [-0.2, 0) is 0 Å². The molecule has 1 saturated carbocycles. The lowest BCUT2D eigenvalue weighted by Gasteiger charge is -2.11. The zero-order valence-electron chi connectivity index (χ0n) is 9.43. The summed E-state index contributed by atoms with van der Waals surface area (Å²) in [5.74, 6) is 1.02. The molecule has 0 aliphatic heterocycles. The van der Waals surface area contributed by atoms with E-state index in [0.29, 0.717) is 23.3 Å². The van der Waals surface area contributed by atoms with E-state index >= 15 is 0 Å². The molecule has 4 heteroatoms. The summed E-state index contributed by atoms with van der Waals surface area (Å²) in [5, 5.41) is 8.98. The largest absolute Gasteiger partial charge is 0.489 e. The first kappa shape index (κ1) is 10.7. The molecule has 1 aromatic rings. The number of pyridine rings is 1. The summed E-state index contributed by atoms with van der Waals surface area (Å²) in [6.07, 6.45) is 4.11. The average molecular weight is 218 g/mol. The third-order valence-electron chi connectivity index (χ3n) is 2.12. The molecule has 4 nitrogen and oxygen atoms in total. The highest BCUT2D eigenvalue weighted by atomic mass is 16.5. The Morgan fingerprint density at radius 3 is 2.81 bits per heavy atom. The van der Waals surface area contributed by atoms with Crippen molar-refractivity contribution in [2.45, 2.75) is 38.9 Å². The second kappa shape index (κ2) is 4.40. The maximum atomic E-state index is 8.98. The minimum Gasteiger partial charge on any atom is -0.489 e. The Balaban J connectivity index is 2.17. The number of hydrogen-bond donors (Lipinski definition) is 0. The van der Waals surface area contributed by atoms with Gasteiger partial charge in [0.2, 0.25) is 5.88 Å². The maximum absolute atomic E-state index is 8.98. The van der Waals surface area contributed by atoms with E-state index in [2.05, 4.69) is 11.1 Å². The van der Waals surface area contributed by atoms with Gasteiger partial charge in [0, 0.05) is 6.07 Å². The molecule has 1 aromatic heterocycles. The smallest absolute Gasteiger partial charge is 0.232 e. The lowest BCUT2D eigenvalue weighted by atomic mass is 10.3. The topological polar surface area (TPSA) is 55.1 Å². The van der Waals surface area contributed by atoms with Crippen LogP contribution < -0.4 is 9.47 Å². The van der Waals surface area contributed by atoms with Gasteiger partial charge in [0.25, 0.3) is 0 Å². The molecule has 0 aromatic carbocycles. The van der Waals surface area contributed by atoms with Crippen molar-refractivity contribution < 1.29 is 9.47 Å². The van der Waals surface area contributed by atoms with E-state index in [9.17, 15) is 0 Å². The van der Waals surface area contributed by atoms with Crippen LogP contribution in [0.4, 0.5) is 0 Å². The van der Waals surface area contributed by atoms with Crippen LogP contribution in [0.1, 0.15) is 32.3 Å². The zero-order chi connectivity index (χ0) is 11.5. The number of nitrogens with zero attached hydrogens (tertiary/aromatic N) is 2. The van der Waals surface area contributed by atoms with Crippen molar-refractivity contribution >= 4 is 0 Å². The molecule has 1 aliphatic carbocycles. The Hall–Kier alpha value is -1.76. The minimum absolute atomic E-state index is 0.00907. The van der Waals surface area contributed by atoms with Crippen molar-refractivity contribution in [3.8, 4) is 17.7 Å². The summed E-state index contributed by atoms with van der Waals surface area (Å²) in [5.41, 5.74) is 0.423. The monoisotopic (exact) mass is 218 g/mol. The van der Waals surface area contributed by atoms with E-state index < -0.39 is 0 Å². The summed E-state index contributed by atoms with van der Waals surface area (Å²) in [4.78, 5) is 4.10. The average Bonchev–Trinajstić information content (AvgIpc) is 3.03. The highest BCUT2D eigenvalue weighted by Crippen LogP contribution is 2.28. The van der Waals surface area contributed by atoms with Crippen LogP contribution in [-0.4, -0.2) is 17.2 Å². The number of nitriles is 1. The summed E-state index contributed by atoms with van der Waals surface area (Å²) < 4.78 is 11.0. The predicted octanol–water partition coefficient (Wildman–Crippen LogP) is 2.28. The second-order valence-corrected chi connectivity index (χ2v) is 4.12. The van der Waals surface area contributed by atoms with Crippen molar-refractivity contribution in [2.75, 3.05) is 0 Å². The molecule has 0 saturated heterocycles. The second-order valence-electron chi connectivity index (χ2n) is 4.12. The molecule has 0 atom stereocenters. The number of ether oxygens (including phenoxy) is 2. The van der Waals surface area contributed by atoms with Gasteiger partial charge < -0.3 is 9.47 Å². The molecule has 0 unspecified atom stereocenters. The number of aromatic nitrogens is 1. The Morgan fingerprint density at radius 2 is 2.25 bits per heavy atom. The Morgan fingerprint density at radius 1 is 1.50 bits per heavy atom. The van der Waals surface area contributed by atoms with Crippen LogP contribution >= 0.6 is 0 Å². The Labute approximate surface area is 94.8 Å². The van der Waals surface area contributed by atoms with Crippen LogP contribution in [0, 0.1) is 11.3 Å². The fraction of sp³-hybridized carbons (Fsp3) is 0.500. The summed E-state index contributed by atoms with van der Waals surface area (Å²) >= 11 is 0. The third kappa shape index (κ3) is 2.63. The molecule has 1 aliphatic rings. The molecule has 0 amide bonds. The molecule has 2 rings (SSSR count). The number of hydrogen-bond acceptors (Lipinski definition) is 4. The highest BCUT2D eigenvalue weighted by Gasteiger charge is 2.24. The van der Waals surface area contributed by atoms with E-state index in [1.54, 1.807) is 12.3 Å². The van der Waals surface area contributed by atoms with Crippen molar-refractivity contribution in [2.24, 2.45) is 0 Å². The van der Waals surface area contributed by atoms with Gasteiger partial charge in [-0.3, -0.25) is 0 Å². The lowest BCUT2D eigenvalue weighted by molar-refractivity contribution is 0.230. The summed E-state index contributed by atoms with van der Waals surface area (Å²) in [7, 11) is 0. The van der Waals surface area contributed by atoms with Gasteiger partial charge in [0.05, 0.1) is 18.4 Å². The predicted molar refractivity (Wildman–Crippen MR) is 58.4 cm³/mol. The van der Waals surface area contributed by atoms with Gasteiger partial charge in [-0.15, -0.1) is 0 Å². The van der Waals surface area contributed by atoms with Gasteiger partial charge >= 0.3 is 0 Å². The quantitative estimate of drug-likeness (QED) is 0.778. The van der Waals surface area contributed by atoms with E-state index in [1.807, 2.05) is 13.8 Å². The van der Waals surface area contributed by atoms with Gasteiger partial charge in [-0.1, -0.05) is 0 Å². The molecule has 1 heterocycles. The summed E-state index contributed by atoms with van der Waals surface area (Å²) in [6.45, 7) is 3.80.